The summed E-state index contributed by atoms with van der Waals surface area (Å²) in [7, 11) is 1.58. The number of nitrogens with one attached hydrogen (secondary N) is 2. The van der Waals surface area contributed by atoms with Crippen LogP contribution < -0.4 is 15.4 Å². The minimum atomic E-state index is -0.742. The van der Waals surface area contributed by atoms with E-state index in [0.29, 0.717) is 28.6 Å². The molecule has 154 valence electrons. The SMILES string of the molecule is COc1ccccc1N=Cc1ccc(CNC(=O)C(=O)Nc2ccc(C)c(C)c2)o1. The Bertz CT molecular complexity index is 1090. The number of furan rings is 1. The molecular weight excluding hydrogens is 382 g/mol. The van der Waals surface area contributed by atoms with Crippen molar-refractivity contribution in [3.05, 3.63) is 77.2 Å². The van der Waals surface area contributed by atoms with Crippen LogP contribution in [-0.4, -0.2) is 25.1 Å². The van der Waals surface area contributed by atoms with E-state index in [9.17, 15) is 9.59 Å². The molecule has 0 atom stereocenters. The van der Waals surface area contributed by atoms with Crippen LogP contribution in [0.2, 0.25) is 0 Å². The molecule has 2 aromatic carbocycles. The molecule has 1 aromatic heterocycles. The second-order valence-corrected chi connectivity index (χ2v) is 6.67. The largest absolute Gasteiger partial charge is 0.494 e. The molecule has 0 saturated heterocycles. The van der Waals surface area contributed by atoms with Crippen LogP contribution in [0, 0.1) is 13.8 Å². The number of hydrogen-bond donors (Lipinski definition) is 2. The second-order valence-electron chi connectivity index (χ2n) is 6.67. The molecule has 0 radical (unpaired) electrons. The lowest BCUT2D eigenvalue weighted by Crippen LogP contribution is -2.34. The molecule has 2 amide bonds. The smallest absolute Gasteiger partial charge is 0.313 e. The zero-order valence-corrected chi connectivity index (χ0v) is 17.1. The third-order valence-corrected chi connectivity index (χ3v) is 4.49. The molecule has 3 rings (SSSR count). The first-order valence-electron chi connectivity index (χ1n) is 9.38. The molecule has 7 nitrogen and oxygen atoms in total. The van der Waals surface area contributed by atoms with Gasteiger partial charge in [-0.05, 0) is 61.4 Å². The highest BCUT2D eigenvalue weighted by Crippen LogP contribution is 2.26. The molecule has 3 aromatic rings. The van der Waals surface area contributed by atoms with Gasteiger partial charge < -0.3 is 19.8 Å². The molecule has 0 aliphatic rings. The van der Waals surface area contributed by atoms with Crippen LogP contribution in [0.1, 0.15) is 22.6 Å². The van der Waals surface area contributed by atoms with E-state index in [4.69, 9.17) is 9.15 Å². The van der Waals surface area contributed by atoms with Crippen molar-refractivity contribution in [2.75, 3.05) is 12.4 Å². The predicted molar refractivity (Wildman–Crippen MR) is 115 cm³/mol. The fourth-order valence-corrected chi connectivity index (χ4v) is 2.68. The molecule has 7 heteroatoms. The minimum absolute atomic E-state index is 0.0850. The molecule has 0 saturated carbocycles. The fourth-order valence-electron chi connectivity index (χ4n) is 2.68. The minimum Gasteiger partial charge on any atom is -0.494 e. The first-order valence-corrected chi connectivity index (χ1v) is 9.38. The number of methoxy groups -OCH3 is 1. The van der Waals surface area contributed by atoms with Crippen molar-refractivity contribution in [2.45, 2.75) is 20.4 Å². The summed E-state index contributed by atoms with van der Waals surface area (Å²) in [5.74, 6) is 0.202. The Hall–Kier alpha value is -3.87. The first-order chi connectivity index (χ1) is 14.5. The van der Waals surface area contributed by atoms with Gasteiger partial charge in [0.1, 0.15) is 23.0 Å². The normalized spacial score (nSPS) is 10.8. The van der Waals surface area contributed by atoms with E-state index in [1.54, 1.807) is 31.5 Å². The fraction of sp³-hybridized carbons (Fsp3) is 0.174. The van der Waals surface area contributed by atoms with Gasteiger partial charge in [-0.15, -0.1) is 0 Å². The van der Waals surface area contributed by atoms with Crippen molar-refractivity contribution in [2.24, 2.45) is 4.99 Å². The molecule has 0 fully saturated rings. The van der Waals surface area contributed by atoms with Gasteiger partial charge in [0.2, 0.25) is 0 Å². The van der Waals surface area contributed by atoms with Crippen LogP contribution >= 0.6 is 0 Å². The number of amides is 2. The van der Waals surface area contributed by atoms with E-state index in [1.165, 1.54) is 0 Å². The average molecular weight is 405 g/mol. The van der Waals surface area contributed by atoms with Crippen molar-refractivity contribution in [1.29, 1.82) is 0 Å². The van der Waals surface area contributed by atoms with Gasteiger partial charge in [0.25, 0.3) is 0 Å². The summed E-state index contributed by atoms with van der Waals surface area (Å²) in [5, 5.41) is 5.13. The molecular formula is C23H23N3O4. The summed E-state index contributed by atoms with van der Waals surface area (Å²) in [4.78, 5) is 28.5. The van der Waals surface area contributed by atoms with Gasteiger partial charge in [0.05, 0.1) is 19.9 Å². The monoisotopic (exact) mass is 405 g/mol. The van der Waals surface area contributed by atoms with Gasteiger partial charge in [0, 0.05) is 5.69 Å². The van der Waals surface area contributed by atoms with Gasteiger partial charge in [-0.1, -0.05) is 18.2 Å². The van der Waals surface area contributed by atoms with Crippen LogP contribution in [0.5, 0.6) is 5.75 Å². The third-order valence-electron chi connectivity index (χ3n) is 4.49. The van der Waals surface area contributed by atoms with Crippen LogP contribution in [0.4, 0.5) is 11.4 Å². The third kappa shape index (κ3) is 5.35. The molecule has 1 heterocycles. The summed E-state index contributed by atoms with van der Waals surface area (Å²) >= 11 is 0. The lowest BCUT2D eigenvalue weighted by molar-refractivity contribution is -0.136. The number of carbonyl (C=O) groups is 2. The van der Waals surface area contributed by atoms with Crippen LogP contribution in [-0.2, 0) is 16.1 Å². The number of aryl methyl sites for hydroxylation is 2. The molecule has 0 spiro atoms. The Morgan fingerprint density at radius 3 is 2.60 bits per heavy atom. The van der Waals surface area contributed by atoms with Gasteiger partial charge in [-0.2, -0.15) is 0 Å². The molecule has 2 N–H and O–H groups in total. The highest BCUT2D eigenvalue weighted by Gasteiger charge is 2.14. The number of anilines is 1. The van der Waals surface area contributed by atoms with E-state index in [-0.39, 0.29) is 6.54 Å². The predicted octanol–water partition coefficient (Wildman–Crippen LogP) is 3.91. The summed E-state index contributed by atoms with van der Waals surface area (Å²) in [5.41, 5.74) is 3.40. The van der Waals surface area contributed by atoms with Crippen molar-refractivity contribution >= 4 is 29.4 Å². The van der Waals surface area contributed by atoms with Crippen molar-refractivity contribution in [3.8, 4) is 5.75 Å². The van der Waals surface area contributed by atoms with E-state index in [1.807, 2.05) is 50.2 Å². The number of para-hydroxylation sites is 2. The number of carbonyl (C=O) groups excluding carboxylic acids is 2. The molecule has 0 bridgehead atoms. The Morgan fingerprint density at radius 1 is 1.03 bits per heavy atom. The number of aliphatic imine (C=N–C) groups is 1. The Kier molecular flexibility index (Phi) is 6.64. The first kappa shape index (κ1) is 20.9. The van der Waals surface area contributed by atoms with Crippen LogP contribution in [0.25, 0.3) is 0 Å². The Morgan fingerprint density at radius 2 is 1.83 bits per heavy atom. The van der Waals surface area contributed by atoms with E-state index in [2.05, 4.69) is 15.6 Å². The summed E-state index contributed by atoms with van der Waals surface area (Å²) < 4.78 is 10.9. The summed E-state index contributed by atoms with van der Waals surface area (Å²) in [6.45, 7) is 4.00. The van der Waals surface area contributed by atoms with Crippen LogP contribution in [0.3, 0.4) is 0 Å². The molecule has 0 aliphatic heterocycles. The topological polar surface area (TPSA) is 92.9 Å². The van der Waals surface area contributed by atoms with E-state index >= 15 is 0 Å². The lowest BCUT2D eigenvalue weighted by Gasteiger charge is -2.07. The average Bonchev–Trinajstić information content (AvgIpc) is 3.21. The highest BCUT2D eigenvalue weighted by atomic mass is 16.5. The van der Waals surface area contributed by atoms with Gasteiger partial charge >= 0.3 is 11.8 Å². The van der Waals surface area contributed by atoms with E-state index in [0.717, 1.165) is 11.1 Å². The molecule has 0 unspecified atom stereocenters. The lowest BCUT2D eigenvalue weighted by atomic mass is 10.1. The Labute approximate surface area is 174 Å². The van der Waals surface area contributed by atoms with Gasteiger partial charge in [0.15, 0.2) is 0 Å². The summed E-state index contributed by atoms with van der Waals surface area (Å²) in [6.07, 6.45) is 1.57. The number of benzene rings is 2. The zero-order chi connectivity index (χ0) is 21.5. The molecule has 0 aliphatic carbocycles. The Balaban J connectivity index is 1.54. The number of ether oxygens (including phenoxy) is 1. The number of rotatable bonds is 6. The van der Waals surface area contributed by atoms with Gasteiger partial charge in [-0.3, -0.25) is 9.59 Å². The van der Waals surface area contributed by atoms with Crippen molar-refractivity contribution in [3.63, 3.8) is 0 Å². The second kappa shape index (κ2) is 9.56. The maximum Gasteiger partial charge on any atom is 0.313 e. The number of hydrogen-bond acceptors (Lipinski definition) is 5. The quantitative estimate of drug-likeness (QED) is 0.480. The zero-order valence-electron chi connectivity index (χ0n) is 17.1. The van der Waals surface area contributed by atoms with Crippen molar-refractivity contribution < 1.29 is 18.7 Å². The highest BCUT2D eigenvalue weighted by molar-refractivity contribution is 6.39. The maximum atomic E-state index is 12.1. The number of nitrogens with zero attached hydrogens (tertiary/aromatic N) is 1. The maximum absolute atomic E-state index is 12.1. The van der Waals surface area contributed by atoms with Crippen LogP contribution in [0.15, 0.2) is 64.0 Å². The van der Waals surface area contributed by atoms with Gasteiger partial charge in [-0.25, -0.2) is 4.99 Å². The molecule has 30 heavy (non-hydrogen) atoms. The summed E-state index contributed by atoms with van der Waals surface area (Å²) in [6, 6.07) is 16.3. The van der Waals surface area contributed by atoms with E-state index < -0.39 is 11.8 Å². The standard InChI is InChI=1S/C23H23N3O4/c1-15-8-9-17(12-16(15)2)26-23(28)22(27)25-14-19-11-10-18(30-19)13-24-20-6-4-5-7-21(20)29-3/h4-13H,14H2,1-3H3,(H,25,27)(H,26,28). The van der Waals surface area contributed by atoms with Crippen molar-refractivity contribution in [1.82, 2.24) is 5.32 Å².